The number of hydrogen-bond acceptors (Lipinski definition) is 5. The molecular weight excluding hydrogens is 341 g/mol. The van der Waals surface area contributed by atoms with Crippen LogP contribution in [0.25, 0.3) is 5.65 Å². The third kappa shape index (κ3) is 2.83. The second kappa shape index (κ2) is 6.10. The maximum Gasteiger partial charge on any atom is 0.270 e. The number of ether oxygens (including phenoxy) is 1. The van der Waals surface area contributed by atoms with Crippen LogP contribution >= 0.6 is 0 Å². The van der Waals surface area contributed by atoms with E-state index in [4.69, 9.17) is 4.74 Å². The van der Waals surface area contributed by atoms with Crippen molar-refractivity contribution in [2.75, 3.05) is 11.9 Å². The lowest BCUT2D eigenvalue weighted by Crippen LogP contribution is -2.26. The van der Waals surface area contributed by atoms with Gasteiger partial charge >= 0.3 is 0 Å². The summed E-state index contributed by atoms with van der Waals surface area (Å²) in [6, 6.07) is 6.78. The van der Waals surface area contributed by atoms with Crippen LogP contribution in [0.5, 0.6) is 5.75 Å². The average molecular weight is 355 g/mol. The molecule has 26 heavy (non-hydrogen) atoms. The highest BCUT2D eigenvalue weighted by atomic mass is 19.1. The van der Waals surface area contributed by atoms with E-state index in [1.165, 1.54) is 10.6 Å². The summed E-state index contributed by atoms with van der Waals surface area (Å²) in [5.74, 6) is -0.671. The molecule has 0 bridgehead atoms. The van der Waals surface area contributed by atoms with Crippen LogP contribution in [-0.4, -0.2) is 33.0 Å². The molecule has 0 radical (unpaired) electrons. The summed E-state index contributed by atoms with van der Waals surface area (Å²) in [5.41, 5.74) is 2.03. The molecule has 0 aliphatic carbocycles. The fourth-order valence-corrected chi connectivity index (χ4v) is 2.72. The number of nitrogens with one attached hydrogen (secondary N) is 2. The van der Waals surface area contributed by atoms with Gasteiger partial charge in [0.25, 0.3) is 11.8 Å². The zero-order valence-corrected chi connectivity index (χ0v) is 13.7. The number of anilines is 1. The minimum absolute atomic E-state index is 0.00351. The number of aryl methyl sites for hydroxylation is 1. The second-order valence-electron chi connectivity index (χ2n) is 5.86. The highest BCUT2D eigenvalue weighted by molar-refractivity contribution is 5.95. The minimum atomic E-state index is -0.590. The van der Waals surface area contributed by atoms with Gasteiger partial charge in [0.15, 0.2) is 18.1 Å². The number of amides is 2. The van der Waals surface area contributed by atoms with Gasteiger partial charge in [0.2, 0.25) is 0 Å². The van der Waals surface area contributed by atoms with Crippen molar-refractivity contribution in [3.8, 4) is 5.75 Å². The van der Waals surface area contributed by atoms with Crippen molar-refractivity contribution in [2.45, 2.75) is 13.5 Å². The molecule has 1 aliphatic heterocycles. The SMILES string of the molecule is Cc1cc(C(=O)NCc2ccc3c(c2)NC(=O)CO3)nc2c(F)cnn12. The van der Waals surface area contributed by atoms with Crippen molar-refractivity contribution in [1.29, 1.82) is 0 Å². The van der Waals surface area contributed by atoms with Crippen molar-refractivity contribution in [1.82, 2.24) is 19.9 Å². The molecule has 4 rings (SSSR count). The summed E-state index contributed by atoms with van der Waals surface area (Å²) in [4.78, 5) is 27.8. The molecule has 0 saturated carbocycles. The number of hydrogen-bond donors (Lipinski definition) is 2. The Balaban J connectivity index is 1.51. The third-order valence-corrected chi connectivity index (χ3v) is 3.97. The quantitative estimate of drug-likeness (QED) is 0.741. The Morgan fingerprint density at radius 3 is 3.12 bits per heavy atom. The predicted molar refractivity (Wildman–Crippen MR) is 89.4 cm³/mol. The van der Waals surface area contributed by atoms with Gasteiger partial charge in [-0.2, -0.15) is 5.10 Å². The fraction of sp³-hybridized carbons (Fsp3) is 0.176. The number of carbonyl (C=O) groups is 2. The normalized spacial score (nSPS) is 13.1. The first-order valence-electron chi connectivity index (χ1n) is 7.86. The molecule has 3 aromatic rings. The number of benzene rings is 1. The average Bonchev–Trinajstić information content (AvgIpc) is 3.01. The summed E-state index contributed by atoms with van der Waals surface area (Å²) in [6.07, 6.45) is 1.06. The van der Waals surface area contributed by atoms with Crippen LogP contribution in [-0.2, 0) is 11.3 Å². The molecule has 0 saturated heterocycles. The minimum Gasteiger partial charge on any atom is -0.482 e. The molecule has 0 fully saturated rings. The van der Waals surface area contributed by atoms with Gasteiger partial charge < -0.3 is 15.4 Å². The van der Waals surface area contributed by atoms with E-state index in [0.717, 1.165) is 11.8 Å². The van der Waals surface area contributed by atoms with E-state index in [1.54, 1.807) is 25.1 Å². The van der Waals surface area contributed by atoms with Crippen LogP contribution in [0.2, 0.25) is 0 Å². The van der Waals surface area contributed by atoms with Crippen LogP contribution in [0.1, 0.15) is 21.7 Å². The number of rotatable bonds is 3. The van der Waals surface area contributed by atoms with Gasteiger partial charge in [-0.15, -0.1) is 0 Å². The van der Waals surface area contributed by atoms with Crippen molar-refractivity contribution in [3.05, 3.63) is 53.2 Å². The maximum atomic E-state index is 13.7. The number of aromatic nitrogens is 3. The van der Waals surface area contributed by atoms with Crippen molar-refractivity contribution >= 4 is 23.1 Å². The molecule has 0 atom stereocenters. The first-order valence-corrected chi connectivity index (χ1v) is 7.86. The first kappa shape index (κ1) is 16.0. The number of fused-ring (bicyclic) bond motifs is 2. The summed E-state index contributed by atoms with van der Waals surface area (Å²) in [6.45, 7) is 1.92. The molecule has 0 spiro atoms. The van der Waals surface area contributed by atoms with E-state index < -0.39 is 11.7 Å². The molecule has 1 aromatic carbocycles. The van der Waals surface area contributed by atoms with Crippen molar-refractivity contribution in [2.24, 2.45) is 0 Å². The molecule has 3 heterocycles. The lowest BCUT2D eigenvalue weighted by atomic mass is 10.1. The highest BCUT2D eigenvalue weighted by Crippen LogP contribution is 2.28. The summed E-state index contributed by atoms with van der Waals surface area (Å²) < 4.78 is 20.3. The number of carbonyl (C=O) groups excluding carboxylic acids is 2. The van der Waals surface area contributed by atoms with Crippen LogP contribution < -0.4 is 15.4 Å². The van der Waals surface area contributed by atoms with Crippen LogP contribution in [0, 0.1) is 12.7 Å². The second-order valence-corrected chi connectivity index (χ2v) is 5.86. The summed E-state index contributed by atoms with van der Waals surface area (Å²) in [5, 5.41) is 9.30. The van der Waals surface area contributed by atoms with Crippen LogP contribution in [0.4, 0.5) is 10.1 Å². The van der Waals surface area contributed by atoms with E-state index in [1.807, 2.05) is 0 Å². The third-order valence-electron chi connectivity index (χ3n) is 3.97. The Labute approximate surface area is 147 Å². The lowest BCUT2D eigenvalue weighted by Gasteiger charge is -2.18. The largest absolute Gasteiger partial charge is 0.482 e. The molecule has 1 aliphatic rings. The standard InChI is InChI=1S/C17H14FN5O3/c1-9-4-13(22-16-11(18)7-20-23(9)16)17(25)19-6-10-2-3-14-12(5-10)21-15(24)8-26-14/h2-5,7H,6,8H2,1H3,(H,19,25)(H,21,24). The van der Waals surface area contributed by atoms with Gasteiger partial charge in [-0.05, 0) is 30.7 Å². The number of halogens is 1. The monoisotopic (exact) mass is 355 g/mol. The van der Waals surface area contributed by atoms with E-state index >= 15 is 0 Å². The molecule has 9 heteroatoms. The van der Waals surface area contributed by atoms with Crippen LogP contribution in [0.15, 0.2) is 30.5 Å². The zero-order valence-electron chi connectivity index (χ0n) is 13.7. The van der Waals surface area contributed by atoms with Gasteiger partial charge in [0, 0.05) is 12.2 Å². The first-order chi connectivity index (χ1) is 12.5. The topological polar surface area (TPSA) is 97.6 Å². The van der Waals surface area contributed by atoms with Crippen molar-refractivity contribution < 1.29 is 18.7 Å². The van der Waals surface area contributed by atoms with Gasteiger partial charge in [-0.25, -0.2) is 13.9 Å². The van der Waals surface area contributed by atoms with Gasteiger partial charge in [-0.3, -0.25) is 9.59 Å². The molecule has 2 amide bonds. The van der Waals surface area contributed by atoms with Gasteiger partial charge in [0.1, 0.15) is 11.4 Å². The molecule has 2 N–H and O–H groups in total. The smallest absolute Gasteiger partial charge is 0.270 e. The Morgan fingerprint density at radius 1 is 1.42 bits per heavy atom. The predicted octanol–water partition coefficient (Wildman–Crippen LogP) is 1.44. The molecule has 0 unspecified atom stereocenters. The Kier molecular flexibility index (Phi) is 3.76. The highest BCUT2D eigenvalue weighted by Gasteiger charge is 2.17. The van der Waals surface area contributed by atoms with Crippen molar-refractivity contribution in [3.63, 3.8) is 0 Å². The Hall–Kier alpha value is -3.49. The fourth-order valence-electron chi connectivity index (χ4n) is 2.72. The Morgan fingerprint density at radius 2 is 2.27 bits per heavy atom. The van der Waals surface area contributed by atoms with Gasteiger partial charge in [0.05, 0.1) is 11.9 Å². The van der Waals surface area contributed by atoms with E-state index in [2.05, 4.69) is 20.7 Å². The van der Waals surface area contributed by atoms with E-state index in [0.29, 0.717) is 17.1 Å². The van der Waals surface area contributed by atoms with Gasteiger partial charge in [-0.1, -0.05) is 6.07 Å². The summed E-state index contributed by atoms with van der Waals surface area (Å²) >= 11 is 0. The lowest BCUT2D eigenvalue weighted by molar-refractivity contribution is -0.118. The number of nitrogens with zero attached hydrogens (tertiary/aromatic N) is 3. The molecule has 132 valence electrons. The molecule has 8 nitrogen and oxygen atoms in total. The molecular formula is C17H14FN5O3. The summed E-state index contributed by atoms with van der Waals surface area (Å²) in [7, 11) is 0. The van der Waals surface area contributed by atoms with Crippen LogP contribution in [0.3, 0.4) is 0 Å². The zero-order chi connectivity index (χ0) is 18.3. The van der Waals surface area contributed by atoms with E-state index in [-0.39, 0.29) is 30.4 Å². The maximum absolute atomic E-state index is 13.7. The Bertz CT molecular complexity index is 1050. The van der Waals surface area contributed by atoms with E-state index in [9.17, 15) is 14.0 Å². The molecule has 2 aromatic heterocycles.